The van der Waals surface area contributed by atoms with Gasteiger partial charge in [-0.3, -0.25) is 4.79 Å². The Morgan fingerprint density at radius 3 is 0.917 bits per heavy atom. The molecule has 0 aliphatic carbocycles. The fourth-order valence-electron chi connectivity index (χ4n) is 3.89. The smallest absolute Gasteiger partial charge is 0.550 e. The van der Waals surface area contributed by atoms with Crippen molar-refractivity contribution in [1.82, 2.24) is 0 Å². The molecular formula is C28H52K2O6. The molecule has 0 fully saturated rings. The van der Waals surface area contributed by atoms with Crippen LogP contribution >= 0.6 is 0 Å². The quantitative estimate of drug-likeness (QED) is 0.123. The monoisotopic (exact) mass is 562 g/mol. The van der Waals surface area contributed by atoms with Crippen LogP contribution in [0.5, 0.6) is 0 Å². The molecule has 0 unspecified atom stereocenters. The molecule has 0 spiro atoms. The van der Waals surface area contributed by atoms with Gasteiger partial charge in [0.2, 0.25) is 0 Å². The summed E-state index contributed by atoms with van der Waals surface area (Å²) in [5.74, 6) is -2.91. The van der Waals surface area contributed by atoms with Crippen LogP contribution in [0.4, 0.5) is 0 Å². The van der Waals surface area contributed by atoms with Gasteiger partial charge in [0.05, 0.1) is 0 Å². The Morgan fingerprint density at radius 2 is 0.667 bits per heavy atom. The molecule has 1 N–H and O–H groups in total. The van der Waals surface area contributed by atoms with Crippen LogP contribution in [-0.4, -0.2) is 23.0 Å². The van der Waals surface area contributed by atoms with Crippen molar-refractivity contribution >= 4 is 17.9 Å². The maximum Gasteiger partial charge on any atom is 1.00 e. The van der Waals surface area contributed by atoms with Crippen molar-refractivity contribution in [2.45, 2.75) is 161 Å². The van der Waals surface area contributed by atoms with E-state index in [2.05, 4.69) is 6.92 Å². The average Bonchev–Trinajstić information content (AvgIpc) is 2.78. The zero-order chi connectivity index (χ0) is 25.7. The van der Waals surface area contributed by atoms with E-state index in [0.717, 1.165) is 12.8 Å². The summed E-state index contributed by atoms with van der Waals surface area (Å²) in [6, 6.07) is 0. The number of carboxylic acids is 3. The van der Waals surface area contributed by atoms with Gasteiger partial charge in [-0.05, 0) is 32.1 Å². The molecule has 0 atom stereocenters. The van der Waals surface area contributed by atoms with Crippen LogP contribution in [0.3, 0.4) is 0 Å². The molecule has 0 rings (SSSR count). The van der Waals surface area contributed by atoms with E-state index >= 15 is 0 Å². The first-order valence-corrected chi connectivity index (χ1v) is 14.0. The molecule has 0 aliphatic heterocycles. The molecule has 202 valence electrons. The summed E-state index contributed by atoms with van der Waals surface area (Å²) >= 11 is 0. The molecule has 0 radical (unpaired) electrons. The summed E-state index contributed by atoms with van der Waals surface area (Å²) in [4.78, 5) is 29.9. The molecule has 0 aromatic carbocycles. The standard InChI is InChI=1S/C22H44O2.C6H10O4.2K/c1-2-3-4-5-6-7-8-9-10-11-12-13-14-15-16-17-18-19-20-21-22(23)24;7-5(8)3-1-2-4-6(9)10;;/h2-21H2,1H3,(H,23,24);1-4H2,(H,7,8)(H,9,10);;/q;;2*+1/p-2. The Labute approximate surface area is 306 Å². The summed E-state index contributed by atoms with van der Waals surface area (Å²) in [5.41, 5.74) is 0. The SMILES string of the molecule is CCCCCCCCCCCCCCCCCCCCCC(=O)[O-].O=C([O-])CCCCC(=O)O.[K+].[K+]. The number of carbonyl (C=O) groups excluding carboxylic acids is 2. The number of carbonyl (C=O) groups is 3. The third kappa shape index (κ3) is 48.7. The molecular weight excluding hydrogens is 510 g/mol. The minimum absolute atomic E-state index is 0. The van der Waals surface area contributed by atoms with Crippen molar-refractivity contribution in [3.63, 3.8) is 0 Å². The van der Waals surface area contributed by atoms with Crippen LogP contribution in [0.1, 0.15) is 161 Å². The van der Waals surface area contributed by atoms with E-state index < -0.39 is 17.9 Å². The fraction of sp³-hybridized carbons (Fsp3) is 0.893. The topological polar surface area (TPSA) is 118 Å². The maximum absolute atomic E-state index is 10.3. The van der Waals surface area contributed by atoms with Crippen molar-refractivity contribution < 1.29 is 132 Å². The first kappa shape index (κ1) is 44.7. The zero-order valence-corrected chi connectivity index (χ0v) is 30.2. The number of unbranched alkanes of at least 4 members (excludes halogenated alkanes) is 19. The summed E-state index contributed by atoms with van der Waals surface area (Å²) in [5, 5.41) is 28.2. The van der Waals surface area contributed by atoms with Crippen molar-refractivity contribution in [3.8, 4) is 0 Å². The largest absolute Gasteiger partial charge is 1.00 e. The Hall–Kier alpha value is 1.68. The number of hydrogen-bond donors (Lipinski definition) is 1. The molecule has 0 heterocycles. The van der Waals surface area contributed by atoms with Crippen molar-refractivity contribution in [1.29, 1.82) is 0 Å². The van der Waals surface area contributed by atoms with E-state index in [1.807, 2.05) is 0 Å². The molecule has 6 nitrogen and oxygen atoms in total. The van der Waals surface area contributed by atoms with Crippen LogP contribution in [0.15, 0.2) is 0 Å². The van der Waals surface area contributed by atoms with Crippen molar-refractivity contribution in [2.24, 2.45) is 0 Å². The Bertz CT molecular complexity index is 459. The third-order valence-corrected chi connectivity index (χ3v) is 6.01. The maximum atomic E-state index is 10.3. The van der Waals surface area contributed by atoms with Crippen molar-refractivity contribution in [2.75, 3.05) is 0 Å². The minimum Gasteiger partial charge on any atom is -0.550 e. The summed E-state index contributed by atoms with van der Waals surface area (Å²) in [6.07, 6.45) is 26.5. The van der Waals surface area contributed by atoms with E-state index in [-0.39, 0.29) is 122 Å². The van der Waals surface area contributed by atoms with Crippen LogP contribution < -0.4 is 113 Å². The van der Waals surface area contributed by atoms with Gasteiger partial charge >= 0.3 is 109 Å². The van der Waals surface area contributed by atoms with Gasteiger partial charge in [-0.1, -0.05) is 122 Å². The van der Waals surface area contributed by atoms with E-state index in [4.69, 9.17) is 5.11 Å². The fourth-order valence-corrected chi connectivity index (χ4v) is 3.89. The van der Waals surface area contributed by atoms with Crippen LogP contribution in [-0.2, 0) is 14.4 Å². The number of rotatable bonds is 25. The van der Waals surface area contributed by atoms with Crippen LogP contribution in [0.2, 0.25) is 0 Å². The van der Waals surface area contributed by atoms with Crippen molar-refractivity contribution in [3.05, 3.63) is 0 Å². The second kappa shape index (κ2) is 38.8. The Balaban J connectivity index is -0.000000362. The van der Waals surface area contributed by atoms with Gasteiger partial charge in [-0.25, -0.2) is 0 Å². The summed E-state index contributed by atoms with van der Waals surface area (Å²) in [7, 11) is 0. The van der Waals surface area contributed by atoms with Gasteiger partial charge in [0.25, 0.3) is 0 Å². The second-order valence-electron chi connectivity index (χ2n) is 9.46. The number of hydrogen-bond acceptors (Lipinski definition) is 5. The number of carboxylic acid groups (broad SMARTS) is 3. The molecule has 0 aromatic rings. The minimum atomic E-state index is -1.12. The van der Waals surface area contributed by atoms with Crippen LogP contribution in [0, 0.1) is 0 Å². The third-order valence-electron chi connectivity index (χ3n) is 6.01. The van der Waals surface area contributed by atoms with Crippen LogP contribution in [0.25, 0.3) is 0 Å². The molecule has 0 bridgehead atoms. The van der Waals surface area contributed by atoms with Gasteiger partial charge in [-0.2, -0.15) is 0 Å². The van der Waals surface area contributed by atoms with E-state index in [1.54, 1.807) is 0 Å². The van der Waals surface area contributed by atoms with Gasteiger partial charge in [0.1, 0.15) is 0 Å². The molecule has 0 saturated carbocycles. The summed E-state index contributed by atoms with van der Waals surface area (Å²) < 4.78 is 0. The first-order chi connectivity index (χ1) is 16.4. The van der Waals surface area contributed by atoms with Gasteiger partial charge in [0, 0.05) is 18.4 Å². The van der Waals surface area contributed by atoms with Gasteiger partial charge in [0.15, 0.2) is 0 Å². The Kier molecular flexibility index (Phi) is 48.2. The predicted molar refractivity (Wildman–Crippen MR) is 134 cm³/mol. The molecule has 0 amide bonds. The second-order valence-corrected chi connectivity index (χ2v) is 9.46. The molecule has 0 saturated heterocycles. The molecule has 0 aromatic heterocycles. The first-order valence-electron chi connectivity index (χ1n) is 14.0. The zero-order valence-electron chi connectivity index (χ0n) is 24.0. The van der Waals surface area contributed by atoms with E-state index in [1.165, 1.54) is 109 Å². The average molecular weight is 563 g/mol. The van der Waals surface area contributed by atoms with E-state index in [9.17, 15) is 24.6 Å². The van der Waals surface area contributed by atoms with Gasteiger partial charge in [-0.15, -0.1) is 0 Å². The molecule has 36 heavy (non-hydrogen) atoms. The normalized spacial score (nSPS) is 9.92. The summed E-state index contributed by atoms with van der Waals surface area (Å²) in [6.45, 7) is 2.28. The number of aliphatic carboxylic acids is 3. The predicted octanol–water partition coefficient (Wildman–Crippen LogP) is -0.0525. The van der Waals surface area contributed by atoms with E-state index in [0.29, 0.717) is 12.8 Å². The molecule has 8 heteroatoms. The van der Waals surface area contributed by atoms with Gasteiger partial charge < -0.3 is 24.9 Å². The Morgan fingerprint density at radius 1 is 0.444 bits per heavy atom. The molecule has 0 aliphatic rings.